The molecule has 3 heteroatoms. The van der Waals surface area contributed by atoms with E-state index in [2.05, 4.69) is 5.32 Å². The highest BCUT2D eigenvalue weighted by molar-refractivity contribution is 5.94. The SMILES string of the molecule is CCO.O=C(NCc1ccccc1)c1ccccc1. The molecule has 2 aromatic carbocycles. The van der Waals surface area contributed by atoms with Crippen molar-refractivity contribution in [3.63, 3.8) is 0 Å². The Bertz CT molecular complexity index is 469. The van der Waals surface area contributed by atoms with Gasteiger partial charge in [-0.15, -0.1) is 0 Å². The number of rotatable bonds is 3. The second-order valence-electron chi connectivity index (χ2n) is 3.85. The van der Waals surface area contributed by atoms with Gasteiger partial charge in [-0.2, -0.15) is 0 Å². The van der Waals surface area contributed by atoms with E-state index in [1.54, 1.807) is 19.1 Å². The fourth-order valence-electron chi connectivity index (χ4n) is 1.47. The standard InChI is InChI=1S/C14H13NO.C2H6O/c16-14(13-9-5-2-6-10-13)15-11-12-7-3-1-4-8-12;1-2-3/h1-10H,11H2,(H,15,16);3H,2H2,1H3. The van der Waals surface area contributed by atoms with E-state index in [0.29, 0.717) is 12.1 Å². The fraction of sp³-hybridized carbons (Fsp3) is 0.188. The molecule has 2 rings (SSSR count). The fourth-order valence-corrected chi connectivity index (χ4v) is 1.47. The van der Waals surface area contributed by atoms with Crippen molar-refractivity contribution in [2.75, 3.05) is 6.61 Å². The molecule has 0 aromatic heterocycles. The Kier molecular flexibility index (Phi) is 6.98. The summed E-state index contributed by atoms with van der Waals surface area (Å²) in [6.07, 6.45) is 0. The highest BCUT2D eigenvalue weighted by Gasteiger charge is 2.02. The Balaban J connectivity index is 0.000000550. The molecule has 0 bridgehead atoms. The molecule has 0 atom stereocenters. The average molecular weight is 257 g/mol. The van der Waals surface area contributed by atoms with E-state index in [4.69, 9.17) is 5.11 Å². The third-order valence-electron chi connectivity index (χ3n) is 2.33. The predicted octanol–water partition coefficient (Wildman–Crippen LogP) is 2.62. The molecule has 0 saturated heterocycles. The second kappa shape index (κ2) is 8.89. The number of amides is 1. The summed E-state index contributed by atoms with van der Waals surface area (Å²) in [5, 5.41) is 10.4. The zero-order valence-corrected chi connectivity index (χ0v) is 11.0. The minimum atomic E-state index is -0.0375. The van der Waals surface area contributed by atoms with E-state index in [-0.39, 0.29) is 12.5 Å². The smallest absolute Gasteiger partial charge is 0.251 e. The lowest BCUT2D eigenvalue weighted by molar-refractivity contribution is 0.0951. The van der Waals surface area contributed by atoms with E-state index < -0.39 is 0 Å². The van der Waals surface area contributed by atoms with Crippen LogP contribution in [0.1, 0.15) is 22.8 Å². The number of carbonyl (C=O) groups is 1. The van der Waals surface area contributed by atoms with Gasteiger partial charge in [0.25, 0.3) is 5.91 Å². The van der Waals surface area contributed by atoms with Gasteiger partial charge in [-0.3, -0.25) is 4.79 Å². The van der Waals surface area contributed by atoms with Gasteiger partial charge in [0, 0.05) is 18.7 Å². The van der Waals surface area contributed by atoms with Crippen LogP contribution in [0.3, 0.4) is 0 Å². The molecule has 0 radical (unpaired) electrons. The Morgan fingerprint density at radius 1 is 1.00 bits per heavy atom. The molecule has 0 saturated carbocycles. The van der Waals surface area contributed by atoms with Crippen molar-refractivity contribution in [2.45, 2.75) is 13.5 Å². The quantitative estimate of drug-likeness (QED) is 0.888. The van der Waals surface area contributed by atoms with Gasteiger partial charge in [-0.05, 0) is 24.6 Å². The lowest BCUT2D eigenvalue weighted by Crippen LogP contribution is -2.22. The van der Waals surface area contributed by atoms with E-state index in [1.165, 1.54) is 0 Å². The van der Waals surface area contributed by atoms with E-state index in [9.17, 15) is 4.79 Å². The predicted molar refractivity (Wildman–Crippen MR) is 76.8 cm³/mol. The summed E-state index contributed by atoms with van der Waals surface area (Å²) in [4.78, 5) is 11.7. The lowest BCUT2D eigenvalue weighted by atomic mass is 10.2. The molecule has 0 fully saturated rings. The Labute approximate surface area is 113 Å². The minimum absolute atomic E-state index is 0.0375. The maximum Gasteiger partial charge on any atom is 0.251 e. The molecule has 0 spiro atoms. The van der Waals surface area contributed by atoms with Crippen molar-refractivity contribution in [1.82, 2.24) is 5.32 Å². The normalized spacial score (nSPS) is 9.16. The number of benzene rings is 2. The van der Waals surface area contributed by atoms with E-state index in [1.807, 2.05) is 48.5 Å². The molecule has 0 unspecified atom stereocenters. The molecule has 1 amide bonds. The molecule has 0 aliphatic rings. The molecular weight excluding hydrogens is 238 g/mol. The molecule has 0 heterocycles. The lowest BCUT2D eigenvalue weighted by Gasteiger charge is -2.04. The summed E-state index contributed by atoms with van der Waals surface area (Å²) < 4.78 is 0. The Morgan fingerprint density at radius 3 is 2.00 bits per heavy atom. The van der Waals surface area contributed by atoms with Crippen molar-refractivity contribution >= 4 is 5.91 Å². The minimum Gasteiger partial charge on any atom is -0.397 e. The maximum atomic E-state index is 11.7. The first-order chi connectivity index (χ1) is 9.27. The number of hydrogen-bond acceptors (Lipinski definition) is 2. The first-order valence-corrected chi connectivity index (χ1v) is 6.26. The van der Waals surface area contributed by atoms with Crippen molar-refractivity contribution in [3.05, 3.63) is 71.8 Å². The topological polar surface area (TPSA) is 49.3 Å². The van der Waals surface area contributed by atoms with Crippen LogP contribution >= 0.6 is 0 Å². The van der Waals surface area contributed by atoms with Crippen molar-refractivity contribution in [1.29, 1.82) is 0 Å². The number of aliphatic hydroxyl groups excluding tert-OH is 1. The third kappa shape index (κ3) is 5.84. The van der Waals surface area contributed by atoms with Crippen LogP contribution in [-0.2, 0) is 6.54 Å². The molecule has 0 aliphatic heterocycles. The van der Waals surface area contributed by atoms with Crippen molar-refractivity contribution in [2.24, 2.45) is 0 Å². The number of nitrogens with one attached hydrogen (secondary N) is 1. The van der Waals surface area contributed by atoms with Crippen LogP contribution in [0.5, 0.6) is 0 Å². The summed E-state index contributed by atoms with van der Waals surface area (Å²) in [7, 11) is 0. The molecule has 100 valence electrons. The van der Waals surface area contributed by atoms with Crippen LogP contribution in [0.25, 0.3) is 0 Å². The number of aliphatic hydroxyl groups is 1. The molecule has 2 N–H and O–H groups in total. The molecule has 19 heavy (non-hydrogen) atoms. The zero-order chi connectivity index (χ0) is 13.9. The van der Waals surface area contributed by atoms with Gasteiger partial charge in [-0.1, -0.05) is 48.5 Å². The van der Waals surface area contributed by atoms with E-state index in [0.717, 1.165) is 5.56 Å². The first-order valence-electron chi connectivity index (χ1n) is 6.26. The van der Waals surface area contributed by atoms with Gasteiger partial charge in [0.05, 0.1) is 0 Å². The number of carbonyl (C=O) groups excluding carboxylic acids is 1. The van der Waals surface area contributed by atoms with Crippen LogP contribution in [0, 0.1) is 0 Å². The maximum absolute atomic E-state index is 11.7. The summed E-state index contributed by atoms with van der Waals surface area (Å²) in [6, 6.07) is 19.1. The first kappa shape index (κ1) is 14.9. The average Bonchev–Trinajstić information content (AvgIpc) is 2.47. The van der Waals surface area contributed by atoms with Crippen LogP contribution in [0.4, 0.5) is 0 Å². The van der Waals surface area contributed by atoms with Crippen LogP contribution in [0.15, 0.2) is 60.7 Å². The summed E-state index contributed by atoms with van der Waals surface area (Å²) >= 11 is 0. The van der Waals surface area contributed by atoms with Gasteiger partial charge >= 0.3 is 0 Å². The highest BCUT2D eigenvalue weighted by Crippen LogP contribution is 2.01. The van der Waals surface area contributed by atoms with Gasteiger partial charge in [-0.25, -0.2) is 0 Å². The van der Waals surface area contributed by atoms with Gasteiger partial charge < -0.3 is 10.4 Å². The van der Waals surface area contributed by atoms with Gasteiger partial charge in [0.1, 0.15) is 0 Å². The monoisotopic (exact) mass is 257 g/mol. The van der Waals surface area contributed by atoms with Crippen LogP contribution < -0.4 is 5.32 Å². The summed E-state index contributed by atoms with van der Waals surface area (Å²) in [5.41, 5.74) is 1.80. The molecule has 0 aliphatic carbocycles. The van der Waals surface area contributed by atoms with Gasteiger partial charge in [0.2, 0.25) is 0 Å². The molecule has 3 nitrogen and oxygen atoms in total. The highest BCUT2D eigenvalue weighted by atomic mass is 16.2. The second-order valence-corrected chi connectivity index (χ2v) is 3.85. The number of hydrogen-bond donors (Lipinski definition) is 2. The van der Waals surface area contributed by atoms with Crippen molar-refractivity contribution < 1.29 is 9.90 Å². The zero-order valence-electron chi connectivity index (χ0n) is 11.0. The van der Waals surface area contributed by atoms with E-state index >= 15 is 0 Å². The Morgan fingerprint density at radius 2 is 1.47 bits per heavy atom. The summed E-state index contributed by atoms with van der Waals surface area (Å²) in [6.45, 7) is 2.49. The third-order valence-corrected chi connectivity index (χ3v) is 2.33. The summed E-state index contributed by atoms with van der Waals surface area (Å²) in [5.74, 6) is -0.0375. The van der Waals surface area contributed by atoms with Crippen LogP contribution in [-0.4, -0.2) is 17.6 Å². The molecule has 2 aromatic rings. The van der Waals surface area contributed by atoms with Gasteiger partial charge in [0.15, 0.2) is 0 Å². The molecular formula is C16H19NO2. The Hall–Kier alpha value is -2.13. The largest absolute Gasteiger partial charge is 0.397 e. The van der Waals surface area contributed by atoms with Crippen molar-refractivity contribution in [3.8, 4) is 0 Å². The van der Waals surface area contributed by atoms with Crippen LogP contribution in [0.2, 0.25) is 0 Å².